The Balaban J connectivity index is 0.00000232. The molecule has 23 heavy (non-hydrogen) atoms. The van der Waals surface area contributed by atoms with Gasteiger partial charge in [0, 0.05) is 27.4 Å². The van der Waals surface area contributed by atoms with Crippen LogP contribution in [-0.4, -0.2) is 34.6 Å². The van der Waals surface area contributed by atoms with Crippen molar-refractivity contribution in [1.29, 1.82) is 0 Å². The smallest absolute Gasteiger partial charge is 0.410 e. The van der Waals surface area contributed by atoms with Gasteiger partial charge in [-0.25, -0.2) is 0 Å². The molecule has 0 N–H and O–H groups in total. The standard InChI is InChI=1S/C14H24BO5P.C2H6/c1-11(2)12(3)20-15(17-4)13-8-7-9-14(10-13)21(16,18-5)19-6;1-2/h7-12H,1-6H3;1-2H3. The molecule has 0 heterocycles. The minimum absolute atomic E-state index is 0.0373. The maximum atomic E-state index is 12.4. The van der Waals surface area contributed by atoms with Crippen LogP contribution >= 0.6 is 7.60 Å². The van der Waals surface area contributed by atoms with Gasteiger partial charge in [-0.3, -0.25) is 4.57 Å². The molecule has 0 amide bonds. The van der Waals surface area contributed by atoms with Crippen LogP contribution in [0.25, 0.3) is 0 Å². The van der Waals surface area contributed by atoms with Crippen LogP contribution in [0.5, 0.6) is 0 Å². The summed E-state index contributed by atoms with van der Waals surface area (Å²) < 4.78 is 33.7. The SMILES string of the molecule is CC.COB(OC(C)C(C)C)c1cccc(P(=O)(OC)OC)c1. The molecule has 0 aliphatic heterocycles. The first-order valence-corrected chi connectivity index (χ1v) is 9.42. The highest BCUT2D eigenvalue weighted by atomic mass is 31.2. The molecule has 0 aromatic heterocycles. The average Bonchev–Trinajstić information content (AvgIpc) is 2.60. The van der Waals surface area contributed by atoms with Crippen LogP contribution in [0.1, 0.15) is 34.6 Å². The summed E-state index contributed by atoms with van der Waals surface area (Å²) >= 11 is 0. The topological polar surface area (TPSA) is 54.0 Å². The van der Waals surface area contributed by atoms with Crippen LogP contribution < -0.4 is 10.8 Å². The fourth-order valence-electron chi connectivity index (χ4n) is 1.75. The van der Waals surface area contributed by atoms with Gasteiger partial charge in [-0.1, -0.05) is 39.8 Å². The molecule has 1 rings (SSSR count). The van der Waals surface area contributed by atoms with Crippen molar-refractivity contribution in [3.63, 3.8) is 0 Å². The largest absolute Gasteiger partial charge is 0.493 e. The number of hydrogen-bond acceptors (Lipinski definition) is 5. The second-order valence-electron chi connectivity index (χ2n) is 5.11. The van der Waals surface area contributed by atoms with Gasteiger partial charge in [0.25, 0.3) is 0 Å². The van der Waals surface area contributed by atoms with E-state index in [1.54, 1.807) is 25.3 Å². The Labute approximate surface area is 141 Å². The van der Waals surface area contributed by atoms with Crippen LogP contribution in [0.3, 0.4) is 0 Å². The van der Waals surface area contributed by atoms with Crippen LogP contribution in [0, 0.1) is 5.92 Å². The third-order valence-electron chi connectivity index (χ3n) is 3.43. The van der Waals surface area contributed by atoms with Crippen molar-refractivity contribution in [2.45, 2.75) is 40.7 Å². The summed E-state index contributed by atoms with van der Waals surface area (Å²) in [4.78, 5) is 0. The summed E-state index contributed by atoms with van der Waals surface area (Å²) in [7, 11) is 0.508. The van der Waals surface area contributed by atoms with E-state index in [-0.39, 0.29) is 6.10 Å². The van der Waals surface area contributed by atoms with Gasteiger partial charge in [0.1, 0.15) is 0 Å². The molecule has 0 bridgehead atoms. The first kappa shape index (κ1) is 22.4. The molecule has 5 nitrogen and oxygen atoms in total. The van der Waals surface area contributed by atoms with Crippen molar-refractivity contribution < 1.29 is 22.9 Å². The lowest BCUT2D eigenvalue weighted by molar-refractivity contribution is 0.135. The van der Waals surface area contributed by atoms with Gasteiger partial charge in [-0.2, -0.15) is 0 Å². The molecule has 132 valence electrons. The van der Waals surface area contributed by atoms with E-state index in [1.165, 1.54) is 14.2 Å². The molecule has 1 aromatic rings. The van der Waals surface area contributed by atoms with Crippen molar-refractivity contribution >= 4 is 25.5 Å². The highest BCUT2D eigenvalue weighted by Gasteiger charge is 2.29. The minimum atomic E-state index is -3.28. The number of rotatable bonds is 8. The second kappa shape index (κ2) is 11.0. The lowest BCUT2D eigenvalue weighted by atomic mass is 9.78. The van der Waals surface area contributed by atoms with E-state index in [9.17, 15) is 4.57 Å². The van der Waals surface area contributed by atoms with E-state index in [0.717, 1.165) is 5.46 Å². The van der Waals surface area contributed by atoms with Crippen LogP contribution in [0.15, 0.2) is 24.3 Å². The van der Waals surface area contributed by atoms with E-state index in [1.807, 2.05) is 26.8 Å². The van der Waals surface area contributed by atoms with Crippen LogP contribution in [-0.2, 0) is 22.9 Å². The van der Waals surface area contributed by atoms with Crippen molar-refractivity contribution in [1.82, 2.24) is 0 Å². The van der Waals surface area contributed by atoms with Crippen LogP contribution in [0.4, 0.5) is 0 Å². The summed E-state index contributed by atoms with van der Waals surface area (Å²) in [6.45, 7) is 10.2. The monoisotopic (exact) mass is 344 g/mol. The molecule has 1 atom stereocenters. The molecule has 1 unspecified atom stereocenters. The van der Waals surface area contributed by atoms with Crippen molar-refractivity contribution in [2.75, 3.05) is 21.3 Å². The highest BCUT2D eigenvalue weighted by molar-refractivity contribution is 7.62. The predicted octanol–water partition coefficient (Wildman–Crippen LogP) is 3.23. The van der Waals surface area contributed by atoms with Gasteiger partial charge in [-0.15, -0.1) is 0 Å². The van der Waals surface area contributed by atoms with Gasteiger partial charge >= 0.3 is 14.7 Å². The van der Waals surface area contributed by atoms with Gasteiger partial charge < -0.3 is 18.4 Å². The number of hydrogen-bond donors (Lipinski definition) is 0. The van der Waals surface area contributed by atoms with Crippen molar-refractivity contribution in [2.24, 2.45) is 5.92 Å². The third kappa shape index (κ3) is 6.40. The summed E-state index contributed by atoms with van der Waals surface area (Å²) in [6.07, 6.45) is 0.0373. The van der Waals surface area contributed by atoms with Crippen molar-refractivity contribution in [3.8, 4) is 0 Å². The highest BCUT2D eigenvalue weighted by Crippen LogP contribution is 2.44. The fraction of sp³-hybridized carbons (Fsp3) is 0.625. The van der Waals surface area contributed by atoms with Gasteiger partial charge in [0.2, 0.25) is 0 Å². The zero-order chi connectivity index (χ0) is 18.0. The Morgan fingerprint density at radius 2 is 1.61 bits per heavy atom. The fourth-order valence-corrected chi connectivity index (χ4v) is 2.90. The minimum Gasteiger partial charge on any atom is -0.410 e. The molecule has 0 saturated carbocycles. The molecule has 1 aromatic carbocycles. The number of benzene rings is 1. The zero-order valence-corrected chi connectivity index (χ0v) is 16.4. The van der Waals surface area contributed by atoms with Gasteiger partial charge in [0.15, 0.2) is 0 Å². The summed E-state index contributed by atoms with van der Waals surface area (Å²) in [5, 5.41) is 0.479. The van der Waals surface area contributed by atoms with E-state index in [0.29, 0.717) is 11.2 Å². The molecule has 0 aliphatic carbocycles. The van der Waals surface area contributed by atoms with Gasteiger partial charge in [-0.05, 0) is 30.4 Å². The molecular weight excluding hydrogens is 314 g/mol. The summed E-state index contributed by atoms with van der Waals surface area (Å²) in [6, 6.07) is 7.08. The Kier molecular flexibility index (Phi) is 10.7. The average molecular weight is 344 g/mol. The van der Waals surface area contributed by atoms with Gasteiger partial charge in [0.05, 0.1) is 5.30 Å². The van der Waals surface area contributed by atoms with E-state index in [4.69, 9.17) is 18.4 Å². The quantitative estimate of drug-likeness (QED) is 0.535. The van der Waals surface area contributed by atoms with E-state index in [2.05, 4.69) is 13.8 Å². The molecule has 0 saturated heterocycles. The lowest BCUT2D eigenvalue weighted by Crippen LogP contribution is -2.41. The van der Waals surface area contributed by atoms with E-state index >= 15 is 0 Å². The Hall–Kier alpha value is -0.645. The zero-order valence-electron chi connectivity index (χ0n) is 15.5. The molecule has 0 radical (unpaired) electrons. The Morgan fingerprint density at radius 3 is 2.04 bits per heavy atom. The van der Waals surface area contributed by atoms with Crippen molar-refractivity contribution in [3.05, 3.63) is 24.3 Å². The maximum Gasteiger partial charge on any atom is 0.493 e. The summed E-state index contributed by atoms with van der Waals surface area (Å²) in [5.41, 5.74) is 0.775. The molecule has 0 aliphatic rings. The van der Waals surface area contributed by atoms with Crippen LogP contribution in [0.2, 0.25) is 0 Å². The lowest BCUT2D eigenvalue weighted by Gasteiger charge is -2.22. The second-order valence-corrected chi connectivity index (χ2v) is 7.35. The first-order chi connectivity index (χ1) is 10.9. The molecule has 0 fully saturated rings. The Morgan fingerprint density at radius 1 is 1.04 bits per heavy atom. The van der Waals surface area contributed by atoms with E-state index < -0.39 is 14.7 Å². The first-order valence-electron chi connectivity index (χ1n) is 7.88. The maximum absolute atomic E-state index is 12.4. The summed E-state index contributed by atoms with van der Waals surface area (Å²) in [5.74, 6) is 0.370. The predicted molar refractivity (Wildman–Crippen MR) is 96.8 cm³/mol. The normalized spacial score (nSPS) is 12.6. The third-order valence-corrected chi connectivity index (χ3v) is 5.30. The molecule has 0 spiro atoms. The molecule has 7 heteroatoms. The Bertz CT molecular complexity index is 487. The molecular formula is C16H30BO5P.